The van der Waals surface area contributed by atoms with E-state index in [2.05, 4.69) is 19.2 Å². The Morgan fingerprint density at radius 3 is 2.33 bits per heavy atom. The molecular weight excluding hydrogens is 326 g/mol. The summed E-state index contributed by atoms with van der Waals surface area (Å²) in [6, 6.07) is 6.44. The molecule has 2 atom stereocenters. The third kappa shape index (κ3) is 5.89. The fourth-order valence-electron chi connectivity index (χ4n) is 3.55. The molecule has 0 saturated carbocycles. The molecule has 0 aliphatic carbocycles. The molecule has 2 rings (SSSR count). The smallest absolute Gasteiger partial charge is 0.275 e. The molecule has 0 unspecified atom stereocenters. The highest BCUT2D eigenvalue weighted by molar-refractivity contribution is 7.89. The van der Waals surface area contributed by atoms with Crippen molar-refractivity contribution in [1.29, 1.82) is 0 Å². The molecule has 0 bridgehead atoms. The third-order valence-electron chi connectivity index (χ3n) is 4.48. The van der Waals surface area contributed by atoms with Gasteiger partial charge in [0.15, 0.2) is 6.54 Å². The zero-order valence-electron chi connectivity index (χ0n) is 14.4. The number of carbonyl (C=O) groups excluding carboxylic acids is 1. The number of likely N-dealkylation sites (tertiary alicyclic amines) is 1. The number of rotatable bonds is 6. The van der Waals surface area contributed by atoms with E-state index in [1.54, 1.807) is 12.1 Å². The minimum Gasteiger partial charge on any atom is -0.351 e. The van der Waals surface area contributed by atoms with Crippen LogP contribution in [0.4, 0.5) is 0 Å². The summed E-state index contributed by atoms with van der Waals surface area (Å²) in [5.74, 6) is 1.43. The Hall–Kier alpha value is -1.44. The lowest BCUT2D eigenvalue weighted by atomic mass is 9.92. The molecule has 1 aliphatic heterocycles. The quantitative estimate of drug-likeness (QED) is 0.646. The highest BCUT2D eigenvalue weighted by Gasteiger charge is 2.26. The van der Waals surface area contributed by atoms with Crippen molar-refractivity contribution in [3.05, 3.63) is 29.8 Å². The molecule has 7 heteroatoms. The monoisotopic (exact) mass is 354 g/mol. The molecule has 134 valence electrons. The van der Waals surface area contributed by atoms with Crippen molar-refractivity contribution < 1.29 is 18.1 Å². The number of primary sulfonamides is 1. The second-order valence-electron chi connectivity index (χ2n) is 7.07. The lowest BCUT2D eigenvalue weighted by Gasteiger charge is -2.31. The van der Waals surface area contributed by atoms with Gasteiger partial charge in [-0.05, 0) is 30.5 Å². The number of benzene rings is 1. The van der Waals surface area contributed by atoms with Crippen LogP contribution < -0.4 is 15.4 Å². The van der Waals surface area contributed by atoms with Gasteiger partial charge in [-0.25, -0.2) is 13.6 Å². The lowest BCUT2D eigenvalue weighted by molar-refractivity contribution is -0.904. The Labute approximate surface area is 144 Å². The van der Waals surface area contributed by atoms with Crippen LogP contribution in [0.5, 0.6) is 0 Å². The molecule has 6 nitrogen and oxygen atoms in total. The molecule has 1 aliphatic rings. The van der Waals surface area contributed by atoms with Crippen LogP contribution in [0, 0.1) is 11.8 Å². The van der Waals surface area contributed by atoms with Crippen molar-refractivity contribution in [2.75, 3.05) is 26.2 Å². The normalized spacial score (nSPS) is 24.5. The summed E-state index contributed by atoms with van der Waals surface area (Å²) >= 11 is 0. The number of piperidine rings is 1. The maximum absolute atomic E-state index is 12.1. The fourth-order valence-corrected chi connectivity index (χ4v) is 4.06. The predicted octanol–water partition coefficient (Wildman–Crippen LogP) is -0.446. The van der Waals surface area contributed by atoms with Crippen LogP contribution in [0.25, 0.3) is 0 Å². The first-order valence-corrected chi connectivity index (χ1v) is 10.0. The van der Waals surface area contributed by atoms with Crippen LogP contribution in [-0.2, 0) is 21.2 Å². The number of quaternary nitrogens is 1. The summed E-state index contributed by atoms with van der Waals surface area (Å²) in [6.07, 6.45) is 1.92. The molecule has 1 heterocycles. The van der Waals surface area contributed by atoms with Crippen molar-refractivity contribution >= 4 is 15.9 Å². The summed E-state index contributed by atoms with van der Waals surface area (Å²) in [7, 11) is -3.65. The largest absolute Gasteiger partial charge is 0.351 e. The number of nitrogens with two attached hydrogens (primary N) is 1. The van der Waals surface area contributed by atoms with Gasteiger partial charge in [-0.15, -0.1) is 0 Å². The van der Waals surface area contributed by atoms with Crippen LogP contribution in [0.15, 0.2) is 29.2 Å². The SMILES string of the molecule is C[C@H]1C[C@H](C)C[NH+](CC(=O)NCCc2ccc(S(N)(=O)=O)cc2)C1. The fraction of sp³-hybridized carbons (Fsp3) is 0.588. The second-order valence-corrected chi connectivity index (χ2v) is 8.63. The molecule has 4 N–H and O–H groups in total. The van der Waals surface area contributed by atoms with E-state index in [1.807, 2.05) is 0 Å². The summed E-state index contributed by atoms with van der Waals surface area (Å²) in [5, 5.41) is 8.02. The van der Waals surface area contributed by atoms with E-state index < -0.39 is 10.0 Å². The Morgan fingerprint density at radius 1 is 1.21 bits per heavy atom. The Balaban J connectivity index is 1.74. The minimum atomic E-state index is -3.65. The van der Waals surface area contributed by atoms with E-state index in [1.165, 1.54) is 23.5 Å². The third-order valence-corrected chi connectivity index (χ3v) is 5.41. The summed E-state index contributed by atoms with van der Waals surface area (Å²) in [4.78, 5) is 13.5. The highest BCUT2D eigenvalue weighted by atomic mass is 32.2. The molecular formula is C17H28N3O3S+. The minimum absolute atomic E-state index is 0.0763. The zero-order valence-corrected chi connectivity index (χ0v) is 15.2. The maximum atomic E-state index is 12.1. The number of nitrogens with one attached hydrogen (secondary N) is 2. The molecule has 1 amide bonds. The summed E-state index contributed by atoms with van der Waals surface area (Å²) in [6.45, 7) is 7.70. The Kier molecular flexibility index (Phi) is 6.37. The van der Waals surface area contributed by atoms with Crippen molar-refractivity contribution in [3.63, 3.8) is 0 Å². The lowest BCUT2D eigenvalue weighted by Crippen LogP contribution is -3.15. The van der Waals surface area contributed by atoms with Crippen LogP contribution >= 0.6 is 0 Å². The first-order valence-electron chi connectivity index (χ1n) is 8.46. The number of carbonyl (C=O) groups is 1. The molecule has 0 spiro atoms. The van der Waals surface area contributed by atoms with Crippen LogP contribution in [0.2, 0.25) is 0 Å². The first-order chi connectivity index (χ1) is 11.2. The number of hydrogen-bond donors (Lipinski definition) is 3. The van der Waals surface area contributed by atoms with Crippen LogP contribution in [0.3, 0.4) is 0 Å². The summed E-state index contributed by atoms with van der Waals surface area (Å²) < 4.78 is 22.4. The van der Waals surface area contributed by atoms with Gasteiger partial charge < -0.3 is 10.2 Å². The van der Waals surface area contributed by atoms with Crippen molar-refractivity contribution in [2.24, 2.45) is 17.0 Å². The number of sulfonamides is 1. The van der Waals surface area contributed by atoms with Gasteiger partial charge in [0.1, 0.15) is 0 Å². The molecule has 1 aromatic carbocycles. The van der Waals surface area contributed by atoms with E-state index in [-0.39, 0.29) is 10.8 Å². The Morgan fingerprint density at radius 2 is 1.79 bits per heavy atom. The number of hydrogen-bond acceptors (Lipinski definition) is 3. The van der Waals surface area contributed by atoms with Gasteiger partial charge in [-0.1, -0.05) is 26.0 Å². The molecule has 0 radical (unpaired) electrons. The number of amides is 1. The van der Waals surface area contributed by atoms with Crippen molar-refractivity contribution in [3.8, 4) is 0 Å². The van der Waals surface area contributed by atoms with Crippen LogP contribution in [-0.4, -0.2) is 40.5 Å². The molecule has 1 fully saturated rings. The van der Waals surface area contributed by atoms with Crippen molar-refractivity contribution in [2.45, 2.75) is 31.6 Å². The van der Waals surface area contributed by atoms with E-state index in [4.69, 9.17) is 5.14 Å². The van der Waals surface area contributed by atoms with Crippen molar-refractivity contribution in [1.82, 2.24) is 5.32 Å². The van der Waals surface area contributed by atoms with Gasteiger partial charge in [0, 0.05) is 18.4 Å². The van der Waals surface area contributed by atoms with E-state index >= 15 is 0 Å². The summed E-state index contributed by atoms with van der Waals surface area (Å²) in [5.41, 5.74) is 0.968. The molecule has 0 aromatic heterocycles. The predicted molar refractivity (Wildman–Crippen MR) is 93.0 cm³/mol. The topological polar surface area (TPSA) is 93.7 Å². The molecule has 24 heavy (non-hydrogen) atoms. The van der Waals surface area contributed by atoms with Gasteiger partial charge in [0.25, 0.3) is 5.91 Å². The van der Waals surface area contributed by atoms with E-state index in [9.17, 15) is 13.2 Å². The average molecular weight is 354 g/mol. The van der Waals surface area contributed by atoms with Gasteiger partial charge in [0.05, 0.1) is 18.0 Å². The molecule has 1 saturated heterocycles. The van der Waals surface area contributed by atoms with E-state index in [0.29, 0.717) is 31.3 Å². The zero-order chi connectivity index (χ0) is 17.7. The standard InChI is InChI=1S/C17H27N3O3S/c1-13-9-14(2)11-20(10-13)12-17(21)19-8-7-15-3-5-16(6-4-15)24(18,22)23/h3-6,13-14H,7-12H2,1-2H3,(H,19,21)(H2,18,22,23)/p+1/t13-,14-/m0/s1. The van der Waals surface area contributed by atoms with Gasteiger partial charge >= 0.3 is 0 Å². The highest BCUT2D eigenvalue weighted by Crippen LogP contribution is 2.11. The Bertz CT molecular complexity index is 648. The molecule has 1 aromatic rings. The van der Waals surface area contributed by atoms with E-state index in [0.717, 1.165) is 18.7 Å². The van der Waals surface area contributed by atoms with Gasteiger partial charge in [-0.2, -0.15) is 0 Å². The second kappa shape index (κ2) is 8.09. The van der Waals surface area contributed by atoms with Crippen LogP contribution in [0.1, 0.15) is 25.8 Å². The van der Waals surface area contributed by atoms with Gasteiger partial charge in [-0.3, -0.25) is 4.79 Å². The maximum Gasteiger partial charge on any atom is 0.275 e. The average Bonchev–Trinajstić information content (AvgIpc) is 2.45. The first kappa shape index (κ1) is 18.9. The van der Waals surface area contributed by atoms with Gasteiger partial charge in [0.2, 0.25) is 10.0 Å².